The zero-order valence-corrected chi connectivity index (χ0v) is 20.0. The molecule has 1 saturated heterocycles. The maximum Gasteiger partial charge on any atom is 0.419 e. The fourth-order valence-electron chi connectivity index (χ4n) is 4.64. The summed E-state index contributed by atoms with van der Waals surface area (Å²) >= 11 is 0. The third-order valence-electron chi connectivity index (χ3n) is 6.43. The van der Waals surface area contributed by atoms with Gasteiger partial charge in [0.1, 0.15) is 5.75 Å². The lowest BCUT2D eigenvalue weighted by Crippen LogP contribution is -2.21. The van der Waals surface area contributed by atoms with Gasteiger partial charge in [0.25, 0.3) is 0 Å². The molecule has 2 aromatic rings. The summed E-state index contributed by atoms with van der Waals surface area (Å²) in [6.45, 7) is 5.50. The smallest absolute Gasteiger partial charge is 0.419 e. The minimum atomic E-state index is -4.53. The van der Waals surface area contributed by atoms with Gasteiger partial charge in [-0.25, -0.2) is 0 Å². The predicted molar refractivity (Wildman–Crippen MR) is 122 cm³/mol. The van der Waals surface area contributed by atoms with Crippen LogP contribution in [0.3, 0.4) is 0 Å². The van der Waals surface area contributed by atoms with E-state index >= 15 is 0 Å². The van der Waals surface area contributed by atoms with E-state index in [0.717, 1.165) is 64.0 Å². The zero-order valence-electron chi connectivity index (χ0n) is 20.0. The number of aromatic nitrogens is 2. The highest BCUT2D eigenvalue weighted by molar-refractivity contribution is 5.59. The van der Waals surface area contributed by atoms with Crippen LogP contribution in [0.4, 0.5) is 13.2 Å². The van der Waals surface area contributed by atoms with Crippen LogP contribution in [0, 0.1) is 5.92 Å². The first-order chi connectivity index (χ1) is 15.8. The molecule has 0 aliphatic carbocycles. The summed E-state index contributed by atoms with van der Waals surface area (Å²) in [5.74, 6) is 0.910. The summed E-state index contributed by atoms with van der Waals surface area (Å²) in [5.41, 5.74) is -0.531. The van der Waals surface area contributed by atoms with Crippen molar-refractivity contribution in [3.63, 3.8) is 0 Å². The normalized spacial score (nSPS) is 19.3. The summed E-state index contributed by atoms with van der Waals surface area (Å²) in [7, 11) is 2.02. The molecule has 1 aromatic heterocycles. The molecule has 5 nitrogen and oxygen atoms in total. The lowest BCUT2D eigenvalue weighted by molar-refractivity contribution is -0.138. The maximum absolute atomic E-state index is 13.7. The Kier molecular flexibility index (Phi) is 9.18. The van der Waals surface area contributed by atoms with Crippen LogP contribution in [-0.4, -0.2) is 35.2 Å². The molecule has 1 aromatic carbocycles. The van der Waals surface area contributed by atoms with E-state index in [1.165, 1.54) is 12.5 Å². The summed E-state index contributed by atoms with van der Waals surface area (Å²) in [5, 5.41) is 4.00. The number of rotatable bonds is 12. The molecule has 0 saturated carbocycles. The van der Waals surface area contributed by atoms with Crippen molar-refractivity contribution in [3.8, 4) is 17.1 Å². The molecule has 0 bridgehead atoms. The van der Waals surface area contributed by atoms with Crippen molar-refractivity contribution in [3.05, 3.63) is 29.7 Å². The van der Waals surface area contributed by atoms with Gasteiger partial charge in [-0.1, -0.05) is 57.5 Å². The zero-order chi connectivity index (χ0) is 23.8. The van der Waals surface area contributed by atoms with Crippen LogP contribution in [0.25, 0.3) is 11.4 Å². The van der Waals surface area contributed by atoms with Crippen LogP contribution in [0.2, 0.25) is 0 Å². The van der Waals surface area contributed by atoms with Crippen molar-refractivity contribution in [2.45, 2.75) is 83.9 Å². The third kappa shape index (κ3) is 6.71. The predicted octanol–water partition coefficient (Wildman–Crippen LogP) is 7.29. The lowest BCUT2D eigenvalue weighted by atomic mass is 9.95. The van der Waals surface area contributed by atoms with Gasteiger partial charge < -0.3 is 9.26 Å². The minimum Gasteiger partial charge on any atom is -0.493 e. The monoisotopic (exact) mass is 467 g/mol. The van der Waals surface area contributed by atoms with Crippen LogP contribution in [0.5, 0.6) is 5.75 Å². The molecule has 33 heavy (non-hydrogen) atoms. The van der Waals surface area contributed by atoms with E-state index in [4.69, 9.17) is 9.26 Å². The first-order valence-electron chi connectivity index (χ1n) is 12.2. The summed E-state index contributed by atoms with van der Waals surface area (Å²) < 4.78 is 52.3. The van der Waals surface area contributed by atoms with Gasteiger partial charge in [0, 0.05) is 5.56 Å². The molecule has 1 fully saturated rings. The highest BCUT2D eigenvalue weighted by Crippen LogP contribution is 2.40. The summed E-state index contributed by atoms with van der Waals surface area (Å²) in [6.07, 6.45) is 4.92. The summed E-state index contributed by atoms with van der Waals surface area (Å²) in [6, 6.07) is 4.01. The molecule has 2 atom stereocenters. The van der Waals surface area contributed by atoms with Gasteiger partial charge in [0.05, 0.1) is 18.2 Å². The van der Waals surface area contributed by atoms with Crippen molar-refractivity contribution in [2.75, 3.05) is 20.2 Å². The number of benzene rings is 1. The Morgan fingerprint density at radius 2 is 1.85 bits per heavy atom. The van der Waals surface area contributed by atoms with E-state index in [0.29, 0.717) is 11.8 Å². The molecule has 1 aliphatic rings. The Balaban J connectivity index is 1.71. The van der Waals surface area contributed by atoms with Gasteiger partial charge in [-0.05, 0) is 57.0 Å². The number of nitrogens with zero attached hydrogens (tertiary/aromatic N) is 3. The van der Waals surface area contributed by atoms with Crippen LogP contribution < -0.4 is 4.74 Å². The van der Waals surface area contributed by atoms with Crippen LogP contribution in [-0.2, 0) is 6.18 Å². The maximum atomic E-state index is 13.7. The van der Waals surface area contributed by atoms with E-state index in [-0.39, 0.29) is 29.8 Å². The highest BCUT2D eigenvalue weighted by atomic mass is 19.4. The first-order valence-corrected chi connectivity index (χ1v) is 12.2. The number of ether oxygens (including phenoxy) is 1. The molecule has 8 heteroatoms. The van der Waals surface area contributed by atoms with Crippen molar-refractivity contribution in [1.29, 1.82) is 0 Å². The number of alkyl halides is 3. The quantitative estimate of drug-likeness (QED) is 0.307. The molecule has 2 heterocycles. The first kappa shape index (κ1) is 25.5. The van der Waals surface area contributed by atoms with Crippen molar-refractivity contribution in [2.24, 2.45) is 5.92 Å². The lowest BCUT2D eigenvalue weighted by Gasteiger charge is -2.20. The molecule has 0 spiro atoms. The second-order valence-electron chi connectivity index (χ2n) is 9.04. The van der Waals surface area contributed by atoms with E-state index < -0.39 is 11.7 Å². The van der Waals surface area contributed by atoms with Crippen molar-refractivity contribution in [1.82, 2.24) is 15.0 Å². The van der Waals surface area contributed by atoms with Crippen LogP contribution in [0.15, 0.2) is 22.7 Å². The van der Waals surface area contributed by atoms with E-state index in [1.807, 2.05) is 7.05 Å². The van der Waals surface area contributed by atoms with Gasteiger partial charge in [-0.2, -0.15) is 18.2 Å². The second kappa shape index (κ2) is 11.9. The van der Waals surface area contributed by atoms with Crippen LogP contribution in [0.1, 0.15) is 89.1 Å². The Labute approximate surface area is 194 Å². The Bertz CT molecular complexity index is 867. The topological polar surface area (TPSA) is 51.4 Å². The molecular formula is C25H36F3N3O2. The highest BCUT2D eigenvalue weighted by Gasteiger charge is 2.37. The fraction of sp³-hybridized carbons (Fsp3) is 0.680. The van der Waals surface area contributed by atoms with E-state index in [9.17, 15) is 13.2 Å². The minimum absolute atomic E-state index is 0.00761. The van der Waals surface area contributed by atoms with Gasteiger partial charge in [-0.3, -0.25) is 4.90 Å². The van der Waals surface area contributed by atoms with Crippen LogP contribution >= 0.6 is 0 Å². The largest absolute Gasteiger partial charge is 0.493 e. The molecule has 3 rings (SSSR count). The second-order valence-corrected chi connectivity index (χ2v) is 9.04. The molecule has 0 radical (unpaired) electrons. The average Bonchev–Trinajstić information content (AvgIpc) is 3.39. The van der Waals surface area contributed by atoms with Gasteiger partial charge in [0.2, 0.25) is 11.7 Å². The van der Waals surface area contributed by atoms with E-state index in [2.05, 4.69) is 28.9 Å². The number of unbranched alkanes of at least 4 members (excludes halogenated alkanes) is 5. The van der Waals surface area contributed by atoms with Gasteiger partial charge in [-0.15, -0.1) is 0 Å². The Morgan fingerprint density at radius 3 is 2.58 bits per heavy atom. The Morgan fingerprint density at radius 1 is 1.09 bits per heavy atom. The standard InChI is InChI=1S/C25H36F3N3O2/c1-4-6-7-8-9-10-16-32-21-13-12-19(17-20(21)25(26,27)28)23-29-24(33-30-23)22-18(11-5-2)14-15-31(22)3/h12-13,17-18,22H,4-11,14-16H2,1-3H3/t18-,22+/m1/s1. The molecule has 0 unspecified atom stereocenters. The number of hydrogen-bond donors (Lipinski definition) is 0. The third-order valence-corrected chi connectivity index (χ3v) is 6.43. The molecule has 1 aliphatic heterocycles. The summed E-state index contributed by atoms with van der Waals surface area (Å²) in [4.78, 5) is 6.66. The molecule has 184 valence electrons. The number of hydrogen-bond acceptors (Lipinski definition) is 5. The number of likely N-dealkylation sites (tertiary alicyclic amines) is 1. The van der Waals surface area contributed by atoms with Gasteiger partial charge in [0.15, 0.2) is 0 Å². The molecule has 0 N–H and O–H groups in total. The SMILES string of the molecule is CCCCCCCCOc1ccc(-c2noc([C@@H]3[C@H](CCC)CCN3C)n2)cc1C(F)(F)F. The Hall–Kier alpha value is -2.09. The average molecular weight is 468 g/mol. The van der Waals surface area contributed by atoms with Crippen molar-refractivity contribution < 1.29 is 22.4 Å². The fourth-order valence-corrected chi connectivity index (χ4v) is 4.64. The van der Waals surface area contributed by atoms with Crippen molar-refractivity contribution >= 4 is 0 Å². The van der Waals surface area contributed by atoms with E-state index in [1.54, 1.807) is 6.07 Å². The van der Waals surface area contributed by atoms with Gasteiger partial charge >= 0.3 is 6.18 Å². The molecular weight excluding hydrogens is 431 g/mol. The molecule has 0 amide bonds. The number of halogens is 3.